The molecule has 7 heteroatoms. The van der Waals surface area contributed by atoms with Gasteiger partial charge in [-0.25, -0.2) is 14.6 Å². The standard InChI is InChI=1S/C17H24N6O/c24-17(20-10-9-19-15-5-3-1-2-4-6-15)14-7-8-16(21-11-14)23-13-18-12-22-23/h7-8,11-13,15,19H,1-6,9-10H2,(H,20,24). The van der Waals surface area contributed by atoms with Gasteiger partial charge in [-0.3, -0.25) is 4.79 Å². The van der Waals surface area contributed by atoms with Crippen LogP contribution in [-0.2, 0) is 0 Å². The van der Waals surface area contributed by atoms with Crippen LogP contribution in [0.15, 0.2) is 31.0 Å². The summed E-state index contributed by atoms with van der Waals surface area (Å²) in [7, 11) is 0. The van der Waals surface area contributed by atoms with Gasteiger partial charge in [-0.1, -0.05) is 25.7 Å². The molecule has 0 aliphatic heterocycles. The zero-order valence-electron chi connectivity index (χ0n) is 13.8. The third kappa shape index (κ3) is 4.61. The van der Waals surface area contributed by atoms with Crippen LogP contribution in [0.3, 0.4) is 0 Å². The van der Waals surface area contributed by atoms with Crippen molar-refractivity contribution in [2.75, 3.05) is 13.1 Å². The van der Waals surface area contributed by atoms with Gasteiger partial charge in [0.2, 0.25) is 0 Å². The number of carbonyl (C=O) groups is 1. The summed E-state index contributed by atoms with van der Waals surface area (Å²) in [6, 6.07) is 4.11. The molecule has 1 fully saturated rings. The topological polar surface area (TPSA) is 84.7 Å². The average molecular weight is 328 g/mol. The SMILES string of the molecule is O=C(NCCNC1CCCCCC1)c1ccc(-n2cncn2)nc1. The third-order valence-corrected chi connectivity index (χ3v) is 4.36. The van der Waals surface area contributed by atoms with Crippen molar-refractivity contribution >= 4 is 5.91 Å². The Labute approximate surface area is 141 Å². The van der Waals surface area contributed by atoms with Crippen molar-refractivity contribution in [3.63, 3.8) is 0 Å². The number of nitrogens with zero attached hydrogens (tertiary/aromatic N) is 4. The molecule has 2 N–H and O–H groups in total. The van der Waals surface area contributed by atoms with Gasteiger partial charge < -0.3 is 10.6 Å². The van der Waals surface area contributed by atoms with Gasteiger partial charge >= 0.3 is 0 Å². The molecular formula is C17H24N6O. The molecule has 1 aliphatic carbocycles. The second-order valence-electron chi connectivity index (χ2n) is 6.14. The fourth-order valence-corrected chi connectivity index (χ4v) is 3.02. The first-order chi connectivity index (χ1) is 11.8. The van der Waals surface area contributed by atoms with Crippen molar-refractivity contribution in [1.29, 1.82) is 0 Å². The molecule has 2 aromatic heterocycles. The highest BCUT2D eigenvalue weighted by Gasteiger charge is 2.11. The Bertz CT molecular complexity index is 617. The number of nitrogens with one attached hydrogen (secondary N) is 2. The molecule has 7 nitrogen and oxygen atoms in total. The molecule has 1 amide bonds. The molecule has 0 saturated heterocycles. The van der Waals surface area contributed by atoms with Crippen LogP contribution in [0.1, 0.15) is 48.9 Å². The molecule has 1 saturated carbocycles. The summed E-state index contributed by atoms with van der Waals surface area (Å²) >= 11 is 0. The van der Waals surface area contributed by atoms with Crippen molar-refractivity contribution < 1.29 is 4.79 Å². The van der Waals surface area contributed by atoms with E-state index in [-0.39, 0.29) is 5.91 Å². The summed E-state index contributed by atoms with van der Waals surface area (Å²) in [6.07, 6.45) is 12.4. The molecule has 0 spiro atoms. The van der Waals surface area contributed by atoms with Crippen LogP contribution in [-0.4, -0.2) is 44.8 Å². The van der Waals surface area contributed by atoms with E-state index in [1.54, 1.807) is 29.3 Å². The molecule has 3 rings (SSSR count). The van der Waals surface area contributed by atoms with E-state index in [9.17, 15) is 4.79 Å². The summed E-state index contributed by atoms with van der Waals surface area (Å²) < 4.78 is 1.55. The van der Waals surface area contributed by atoms with Crippen molar-refractivity contribution in [3.05, 3.63) is 36.5 Å². The molecule has 1 aliphatic rings. The van der Waals surface area contributed by atoms with E-state index in [4.69, 9.17) is 0 Å². The second-order valence-corrected chi connectivity index (χ2v) is 6.14. The largest absolute Gasteiger partial charge is 0.351 e. The summed E-state index contributed by atoms with van der Waals surface area (Å²) in [5, 5.41) is 10.5. The average Bonchev–Trinajstić information content (AvgIpc) is 3.03. The minimum absolute atomic E-state index is 0.102. The van der Waals surface area contributed by atoms with Crippen molar-refractivity contribution in [1.82, 2.24) is 30.4 Å². The minimum atomic E-state index is -0.102. The van der Waals surface area contributed by atoms with E-state index in [0.717, 1.165) is 6.54 Å². The summed E-state index contributed by atoms with van der Waals surface area (Å²) in [5.41, 5.74) is 0.549. The first kappa shape index (κ1) is 16.6. The van der Waals surface area contributed by atoms with E-state index in [2.05, 4.69) is 25.7 Å². The molecular weight excluding hydrogens is 304 g/mol. The molecule has 2 heterocycles. The number of hydrogen-bond acceptors (Lipinski definition) is 5. The highest BCUT2D eigenvalue weighted by atomic mass is 16.1. The van der Waals surface area contributed by atoms with Crippen LogP contribution in [0.4, 0.5) is 0 Å². The van der Waals surface area contributed by atoms with Gasteiger partial charge in [-0.2, -0.15) is 5.10 Å². The third-order valence-electron chi connectivity index (χ3n) is 4.36. The Kier molecular flexibility index (Phi) is 5.90. The zero-order valence-corrected chi connectivity index (χ0v) is 13.8. The van der Waals surface area contributed by atoms with Gasteiger partial charge in [-0.15, -0.1) is 0 Å². The molecule has 128 valence electrons. The minimum Gasteiger partial charge on any atom is -0.351 e. The lowest BCUT2D eigenvalue weighted by molar-refractivity contribution is 0.0953. The number of rotatable bonds is 6. The smallest absolute Gasteiger partial charge is 0.252 e. The van der Waals surface area contributed by atoms with Crippen LogP contribution < -0.4 is 10.6 Å². The predicted molar refractivity (Wildman–Crippen MR) is 91.0 cm³/mol. The molecule has 24 heavy (non-hydrogen) atoms. The van der Waals surface area contributed by atoms with Crippen LogP contribution in [0, 0.1) is 0 Å². The maximum Gasteiger partial charge on any atom is 0.252 e. The number of aromatic nitrogens is 4. The van der Waals surface area contributed by atoms with Gasteiger partial charge in [0.25, 0.3) is 5.91 Å². The van der Waals surface area contributed by atoms with E-state index in [1.165, 1.54) is 44.9 Å². The summed E-state index contributed by atoms with van der Waals surface area (Å²) in [4.78, 5) is 20.2. The first-order valence-electron chi connectivity index (χ1n) is 8.65. The van der Waals surface area contributed by atoms with Crippen molar-refractivity contribution in [3.8, 4) is 5.82 Å². The first-order valence-corrected chi connectivity index (χ1v) is 8.65. The number of hydrogen-bond donors (Lipinski definition) is 2. The van der Waals surface area contributed by atoms with Crippen molar-refractivity contribution in [2.45, 2.75) is 44.6 Å². The van der Waals surface area contributed by atoms with Crippen LogP contribution in [0.5, 0.6) is 0 Å². The molecule has 0 radical (unpaired) electrons. The normalized spacial score (nSPS) is 15.8. The molecule has 0 bridgehead atoms. The number of amides is 1. The molecule has 2 aromatic rings. The molecule has 0 atom stereocenters. The predicted octanol–water partition coefficient (Wildman–Crippen LogP) is 1.70. The maximum atomic E-state index is 12.1. The van der Waals surface area contributed by atoms with E-state index in [0.29, 0.717) is 24.0 Å². The van der Waals surface area contributed by atoms with E-state index >= 15 is 0 Å². The molecule has 0 aromatic carbocycles. The summed E-state index contributed by atoms with van der Waals surface area (Å²) in [5.74, 6) is 0.536. The fraction of sp³-hybridized carbons (Fsp3) is 0.529. The van der Waals surface area contributed by atoms with Gasteiger partial charge in [-0.05, 0) is 25.0 Å². The van der Waals surface area contributed by atoms with E-state index < -0.39 is 0 Å². The van der Waals surface area contributed by atoms with Crippen LogP contribution in [0.2, 0.25) is 0 Å². The van der Waals surface area contributed by atoms with Gasteiger partial charge in [0.15, 0.2) is 5.82 Å². The quantitative estimate of drug-likeness (QED) is 0.623. The van der Waals surface area contributed by atoms with Gasteiger partial charge in [0.1, 0.15) is 12.7 Å². The van der Waals surface area contributed by atoms with Gasteiger partial charge in [0.05, 0.1) is 5.56 Å². The lowest BCUT2D eigenvalue weighted by atomic mass is 10.1. The van der Waals surface area contributed by atoms with Gasteiger partial charge in [0, 0.05) is 25.3 Å². The van der Waals surface area contributed by atoms with Crippen LogP contribution in [0.25, 0.3) is 5.82 Å². The highest BCUT2D eigenvalue weighted by molar-refractivity contribution is 5.93. The Balaban J connectivity index is 1.41. The number of carbonyl (C=O) groups excluding carboxylic acids is 1. The highest BCUT2D eigenvalue weighted by Crippen LogP contribution is 2.16. The fourth-order valence-electron chi connectivity index (χ4n) is 3.02. The monoisotopic (exact) mass is 328 g/mol. The summed E-state index contributed by atoms with van der Waals surface area (Å²) in [6.45, 7) is 1.43. The second kappa shape index (κ2) is 8.54. The Hall–Kier alpha value is -2.28. The van der Waals surface area contributed by atoms with Crippen LogP contribution >= 0.6 is 0 Å². The van der Waals surface area contributed by atoms with E-state index in [1.807, 2.05) is 0 Å². The lowest BCUT2D eigenvalue weighted by Crippen LogP contribution is -2.36. The number of pyridine rings is 1. The zero-order chi connectivity index (χ0) is 16.6. The van der Waals surface area contributed by atoms with Crippen molar-refractivity contribution in [2.24, 2.45) is 0 Å². The Morgan fingerprint density at radius 1 is 1.17 bits per heavy atom. The molecule has 0 unspecified atom stereocenters. The Morgan fingerprint density at radius 3 is 2.67 bits per heavy atom. The lowest BCUT2D eigenvalue weighted by Gasteiger charge is -2.16. The maximum absolute atomic E-state index is 12.1. The Morgan fingerprint density at radius 2 is 2.00 bits per heavy atom.